The summed E-state index contributed by atoms with van der Waals surface area (Å²) in [5, 5.41) is 7.16. The quantitative estimate of drug-likeness (QED) is 0.531. The zero-order chi connectivity index (χ0) is 21.5. The third-order valence-electron chi connectivity index (χ3n) is 5.83. The highest BCUT2D eigenvalue weighted by molar-refractivity contribution is 5.93. The van der Waals surface area contributed by atoms with Gasteiger partial charge in [0.25, 0.3) is 11.5 Å². The van der Waals surface area contributed by atoms with Gasteiger partial charge in [0.2, 0.25) is 0 Å². The van der Waals surface area contributed by atoms with E-state index in [-0.39, 0.29) is 23.1 Å². The highest BCUT2D eigenvalue weighted by Gasteiger charge is 2.17. The largest absolute Gasteiger partial charge is 0.344 e. The Morgan fingerprint density at radius 1 is 1.13 bits per heavy atom. The van der Waals surface area contributed by atoms with Crippen molar-refractivity contribution in [3.05, 3.63) is 93.3 Å². The zero-order valence-corrected chi connectivity index (χ0v) is 17.0. The lowest BCUT2D eigenvalue weighted by Gasteiger charge is -2.13. The maximum absolute atomic E-state index is 13.1. The molecule has 0 unspecified atom stereocenters. The first-order valence-corrected chi connectivity index (χ1v) is 10.3. The summed E-state index contributed by atoms with van der Waals surface area (Å²) >= 11 is 0. The van der Waals surface area contributed by atoms with Gasteiger partial charge >= 0.3 is 0 Å². The van der Waals surface area contributed by atoms with Crippen LogP contribution in [0.3, 0.4) is 0 Å². The van der Waals surface area contributed by atoms with Gasteiger partial charge in [0.1, 0.15) is 11.3 Å². The number of aryl methyl sites for hydroxylation is 2. The van der Waals surface area contributed by atoms with Gasteiger partial charge in [-0.25, -0.2) is 8.91 Å². The van der Waals surface area contributed by atoms with E-state index in [0.717, 1.165) is 30.4 Å². The van der Waals surface area contributed by atoms with E-state index in [0.29, 0.717) is 11.2 Å². The minimum Gasteiger partial charge on any atom is -0.344 e. The molecule has 1 atom stereocenters. The zero-order valence-electron chi connectivity index (χ0n) is 17.0. The smallest absolute Gasteiger partial charge is 0.274 e. The number of rotatable bonds is 4. The summed E-state index contributed by atoms with van der Waals surface area (Å²) in [5.41, 5.74) is 5.16. The Balaban J connectivity index is 1.43. The molecule has 2 aromatic carbocycles. The van der Waals surface area contributed by atoms with E-state index in [1.165, 1.54) is 33.8 Å². The van der Waals surface area contributed by atoms with Crippen molar-refractivity contribution in [2.75, 3.05) is 0 Å². The van der Waals surface area contributed by atoms with Gasteiger partial charge in [0, 0.05) is 6.07 Å². The third kappa shape index (κ3) is 3.63. The van der Waals surface area contributed by atoms with Gasteiger partial charge in [-0.15, -0.1) is 0 Å². The van der Waals surface area contributed by atoms with Gasteiger partial charge in [0.05, 0.1) is 17.9 Å². The Morgan fingerprint density at radius 3 is 2.71 bits per heavy atom. The van der Waals surface area contributed by atoms with Crippen LogP contribution in [-0.2, 0) is 12.8 Å². The molecule has 0 saturated carbocycles. The number of amides is 1. The number of hydrogen-bond donors (Lipinski definition) is 2. The molecule has 0 fully saturated rings. The molecule has 2 N–H and O–H groups in total. The Hall–Kier alpha value is -3.74. The lowest BCUT2D eigenvalue weighted by Crippen LogP contribution is -2.27. The Morgan fingerprint density at radius 2 is 1.90 bits per heavy atom. The Labute approximate surface area is 177 Å². The van der Waals surface area contributed by atoms with E-state index in [4.69, 9.17) is 0 Å². The Kier molecular flexibility index (Phi) is 4.66. The molecule has 0 radical (unpaired) electrons. The monoisotopic (exact) mass is 416 g/mol. The van der Waals surface area contributed by atoms with Gasteiger partial charge in [-0.2, -0.15) is 5.10 Å². The van der Waals surface area contributed by atoms with E-state index in [9.17, 15) is 14.0 Å². The van der Waals surface area contributed by atoms with Crippen LogP contribution < -0.4 is 10.9 Å². The number of carbonyl (C=O) groups excluding carboxylic acids is 1. The summed E-state index contributed by atoms with van der Waals surface area (Å²) in [4.78, 5) is 28.2. The van der Waals surface area contributed by atoms with Crippen molar-refractivity contribution in [2.24, 2.45) is 0 Å². The molecular weight excluding hydrogens is 395 g/mol. The van der Waals surface area contributed by atoms with Crippen LogP contribution in [0.15, 0.2) is 59.5 Å². The SMILES string of the molecule is C[C@@H](NC(=O)c1cc2c(=O)[nH]c(-c3ccc4c(c3)CCC4)cn2n1)c1ccc(F)cc1. The van der Waals surface area contributed by atoms with Crippen LogP contribution in [0.4, 0.5) is 4.39 Å². The molecule has 1 aliphatic rings. The second-order valence-electron chi connectivity index (χ2n) is 7.94. The fraction of sp³-hybridized carbons (Fsp3) is 0.208. The minimum absolute atomic E-state index is 0.144. The number of nitrogens with zero attached hydrogens (tertiary/aromatic N) is 2. The van der Waals surface area contributed by atoms with Crippen LogP contribution in [0.5, 0.6) is 0 Å². The maximum Gasteiger partial charge on any atom is 0.274 e. The summed E-state index contributed by atoms with van der Waals surface area (Å²) in [7, 11) is 0. The average Bonchev–Trinajstić information content (AvgIpc) is 3.40. The van der Waals surface area contributed by atoms with Crippen molar-refractivity contribution in [3.8, 4) is 11.3 Å². The molecule has 156 valence electrons. The maximum atomic E-state index is 13.1. The molecule has 2 aromatic heterocycles. The highest BCUT2D eigenvalue weighted by Crippen LogP contribution is 2.27. The molecular formula is C24H21FN4O2. The second-order valence-corrected chi connectivity index (χ2v) is 7.94. The van der Waals surface area contributed by atoms with Crippen molar-refractivity contribution in [2.45, 2.75) is 32.2 Å². The van der Waals surface area contributed by atoms with Crippen LogP contribution in [0, 0.1) is 5.82 Å². The molecule has 0 aliphatic heterocycles. The first-order valence-electron chi connectivity index (χ1n) is 10.3. The number of aromatic nitrogens is 3. The molecule has 5 rings (SSSR count). The van der Waals surface area contributed by atoms with Crippen molar-refractivity contribution in [1.82, 2.24) is 19.9 Å². The molecule has 6 nitrogen and oxygen atoms in total. The fourth-order valence-electron chi connectivity index (χ4n) is 4.11. The standard InChI is InChI=1S/C24H21FN4O2/c1-14(15-7-9-19(25)10-8-15)26-23(30)20-12-22-24(31)27-21(13-29(22)28-20)18-6-5-16-3-2-4-17(16)11-18/h5-14H,2-4H2,1H3,(H,26,30)(H,27,31)/t14-/m1/s1. The molecule has 7 heteroatoms. The van der Waals surface area contributed by atoms with E-state index in [1.807, 2.05) is 6.07 Å². The first kappa shape index (κ1) is 19.2. The molecule has 0 spiro atoms. The molecule has 1 aliphatic carbocycles. The van der Waals surface area contributed by atoms with Crippen LogP contribution in [0.1, 0.15) is 46.6 Å². The predicted molar refractivity (Wildman–Crippen MR) is 116 cm³/mol. The summed E-state index contributed by atoms with van der Waals surface area (Å²) in [6.45, 7) is 1.81. The molecule has 31 heavy (non-hydrogen) atoms. The van der Waals surface area contributed by atoms with E-state index in [2.05, 4.69) is 27.5 Å². The van der Waals surface area contributed by atoms with Crippen molar-refractivity contribution < 1.29 is 9.18 Å². The average molecular weight is 416 g/mol. The lowest BCUT2D eigenvalue weighted by atomic mass is 10.0. The number of hydrogen-bond acceptors (Lipinski definition) is 3. The number of H-pyrrole nitrogens is 1. The normalized spacial score (nSPS) is 13.9. The van der Waals surface area contributed by atoms with Gasteiger partial charge < -0.3 is 10.3 Å². The second kappa shape index (κ2) is 7.50. The van der Waals surface area contributed by atoms with Crippen molar-refractivity contribution in [1.29, 1.82) is 0 Å². The first-order chi connectivity index (χ1) is 15.0. The summed E-state index contributed by atoms with van der Waals surface area (Å²) < 4.78 is 14.6. The van der Waals surface area contributed by atoms with Gasteiger partial charge in [-0.05, 0) is 66.6 Å². The molecule has 0 saturated heterocycles. The molecule has 1 amide bonds. The number of nitrogens with one attached hydrogen (secondary N) is 2. The number of benzene rings is 2. The van der Waals surface area contributed by atoms with Crippen molar-refractivity contribution in [3.63, 3.8) is 0 Å². The highest BCUT2D eigenvalue weighted by atomic mass is 19.1. The van der Waals surface area contributed by atoms with E-state index < -0.39 is 5.91 Å². The van der Waals surface area contributed by atoms with Crippen LogP contribution in [-0.4, -0.2) is 20.5 Å². The molecule has 4 aromatic rings. The van der Waals surface area contributed by atoms with E-state index in [1.54, 1.807) is 25.3 Å². The number of fused-ring (bicyclic) bond motifs is 2. The number of aromatic amines is 1. The van der Waals surface area contributed by atoms with Crippen LogP contribution >= 0.6 is 0 Å². The van der Waals surface area contributed by atoms with Crippen LogP contribution in [0.25, 0.3) is 16.8 Å². The number of halogens is 1. The molecule has 0 bridgehead atoms. The number of carbonyl (C=O) groups is 1. The minimum atomic E-state index is -0.404. The summed E-state index contributed by atoms with van der Waals surface area (Å²) in [5.74, 6) is -0.736. The molecule has 2 heterocycles. The van der Waals surface area contributed by atoms with E-state index >= 15 is 0 Å². The van der Waals surface area contributed by atoms with Crippen molar-refractivity contribution >= 4 is 11.4 Å². The fourth-order valence-corrected chi connectivity index (χ4v) is 4.11. The third-order valence-corrected chi connectivity index (χ3v) is 5.83. The van der Waals surface area contributed by atoms with Gasteiger partial charge in [-0.3, -0.25) is 9.59 Å². The predicted octanol–water partition coefficient (Wildman–Crippen LogP) is 3.81. The van der Waals surface area contributed by atoms with Gasteiger partial charge in [0.15, 0.2) is 5.69 Å². The lowest BCUT2D eigenvalue weighted by molar-refractivity contribution is 0.0934. The summed E-state index contributed by atoms with van der Waals surface area (Å²) in [6, 6.07) is 13.3. The topological polar surface area (TPSA) is 79.3 Å². The van der Waals surface area contributed by atoms with Crippen LogP contribution in [0.2, 0.25) is 0 Å². The van der Waals surface area contributed by atoms with Gasteiger partial charge in [-0.1, -0.05) is 24.3 Å². The summed E-state index contributed by atoms with van der Waals surface area (Å²) in [6.07, 6.45) is 5.03. The Bertz CT molecular complexity index is 1350.